The third kappa shape index (κ3) is 20.1. The highest BCUT2D eigenvalue weighted by Gasteiger charge is 2.26. The van der Waals surface area contributed by atoms with E-state index in [0.29, 0.717) is 5.57 Å². The van der Waals surface area contributed by atoms with Crippen LogP contribution in [0.15, 0.2) is 58.7 Å². The first kappa shape index (κ1) is 36.1. The molecule has 3 heteroatoms. The number of hydrogen-bond acceptors (Lipinski definition) is 2. The molecule has 0 saturated heterocycles. The van der Waals surface area contributed by atoms with Crippen LogP contribution < -0.4 is 5.11 Å². The minimum atomic E-state index is -1.16. The number of unbranched alkanes of at least 4 members (excludes halogenated alkanes) is 9. The van der Waals surface area contributed by atoms with Crippen LogP contribution in [-0.4, -0.2) is 38.1 Å². The number of carbonyl (C=O) groups excluding carboxylic acids is 1. The van der Waals surface area contributed by atoms with Crippen LogP contribution in [0.3, 0.4) is 0 Å². The van der Waals surface area contributed by atoms with Crippen LogP contribution in [0.25, 0.3) is 0 Å². The summed E-state index contributed by atoms with van der Waals surface area (Å²) >= 11 is 0. The molecule has 3 nitrogen and oxygen atoms in total. The molecule has 1 aliphatic rings. The number of carboxylic acids is 1. The molecule has 0 heterocycles. The average molecular weight is 528 g/mol. The summed E-state index contributed by atoms with van der Waals surface area (Å²) in [7, 11) is 6.86. The second-order valence-corrected chi connectivity index (χ2v) is 12.9. The molecule has 38 heavy (non-hydrogen) atoms. The van der Waals surface area contributed by atoms with E-state index in [4.69, 9.17) is 0 Å². The van der Waals surface area contributed by atoms with E-state index in [0.717, 1.165) is 16.1 Å². The van der Waals surface area contributed by atoms with E-state index < -0.39 is 5.97 Å². The lowest BCUT2D eigenvalue weighted by Gasteiger charge is -2.32. The van der Waals surface area contributed by atoms with Crippen LogP contribution in [0.2, 0.25) is 0 Å². The molecular formula is C35H61NO2. The Morgan fingerprint density at radius 2 is 1.45 bits per heavy atom. The topological polar surface area (TPSA) is 40.1 Å². The Labute approximate surface area is 237 Å². The van der Waals surface area contributed by atoms with Crippen molar-refractivity contribution >= 4 is 5.97 Å². The van der Waals surface area contributed by atoms with Gasteiger partial charge in [0.2, 0.25) is 0 Å². The molecule has 1 rings (SSSR count). The van der Waals surface area contributed by atoms with E-state index >= 15 is 0 Å². The van der Waals surface area contributed by atoms with Crippen LogP contribution in [0.4, 0.5) is 0 Å². The smallest absolute Gasteiger partial charge is 0.0780 e. The number of aliphatic carboxylic acids is 1. The maximum absolute atomic E-state index is 10.4. The highest BCUT2D eigenvalue weighted by molar-refractivity contribution is 5.79. The van der Waals surface area contributed by atoms with Gasteiger partial charge in [-0.3, -0.25) is 0 Å². The van der Waals surface area contributed by atoms with Crippen molar-refractivity contribution in [3.05, 3.63) is 58.7 Å². The van der Waals surface area contributed by atoms with Gasteiger partial charge in [0.05, 0.1) is 33.7 Å². The van der Waals surface area contributed by atoms with Crippen LogP contribution >= 0.6 is 0 Å². The summed E-state index contributed by atoms with van der Waals surface area (Å²) < 4.78 is 1.12. The van der Waals surface area contributed by atoms with E-state index in [1.165, 1.54) is 101 Å². The summed E-state index contributed by atoms with van der Waals surface area (Å²) in [5.74, 6) is -1.16. The molecule has 0 aliphatic heterocycles. The predicted molar refractivity (Wildman–Crippen MR) is 166 cm³/mol. The Balaban J connectivity index is 0.000000761. The van der Waals surface area contributed by atoms with E-state index in [2.05, 4.69) is 61.0 Å². The number of quaternary nitrogens is 1. The fourth-order valence-electron chi connectivity index (χ4n) is 4.94. The largest absolute Gasteiger partial charge is 0.545 e. The Kier molecular flexibility index (Phi) is 19.1. The molecule has 0 aromatic heterocycles. The zero-order valence-corrected chi connectivity index (χ0v) is 26.6. The summed E-state index contributed by atoms with van der Waals surface area (Å²) in [6.45, 7) is 14.2. The van der Waals surface area contributed by atoms with Gasteiger partial charge in [0, 0.05) is 0 Å². The van der Waals surface area contributed by atoms with Gasteiger partial charge in [-0.05, 0) is 75.5 Å². The maximum Gasteiger partial charge on any atom is 0.0780 e. The van der Waals surface area contributed by atoms with Crippen molar-refractivity contribution < 1.29 is 14.4 Å². The monoisotopic (exact) mass is 527 g/mol. The molecule has 218 valence electrons. The molecule has 0 aromatic rings. The van der Waals surface area contributed by atoms with Crippen molar-refractivity contribution in [3.8, 4) is 0 Å². The van der Waals surface area contributed by atoms with Gasteiger partial charge in [-0.25, -0.2) is 0 Å². The van der Waals surface area contributed by atoms with Crippen LogP contribution in [0.1, 0.15) is 125 Å². The van der Waals surface area contributed by atoms with Crippen LogP contribution in [0, 0.1) is 5.41 Å². The Bertz CT molecular complexity index is 815. The maximum atomic E-state index is 10.4. The Morgan fingerprint density at radius 3 is 1.95 bits per heavy atom. The quantitative estimate of drug-likeness (QED) is 0.0870. The predicted octanol–water partition coefficient (Wildman–Crippen LogP) is 8.88. The molecule has 0 radical (unpaired) electrons. The first-order chi connectivity index (χ1) is 17.8. The lowest BCUT2D eigenvalue weighted by molar-refractivity contribution is -0.870. The minimum Gasteiger partial charge on any atom is -0.545 e. The number of nitrogens with zero attached hydrogens (tertiary/aromatic N) is 1. The van der Waals surface area contributed by atoms with Crippen LogP contribution in [0.5, 0.6) is 0 Å². The van der Waals surface area contributed by atoms with Gasteiger partial charge in [0.1, 0.15) is 0 Å². The molecule has 0 bridgehead atoms. The number of allylic oxidation sites excluding steroid dienone is 9. The number of carboxylic acid groups (broad SMARTS) is 1. The molecule has 0 unspecified atom stereocenters. The van der Waals surface area contributed by atoms with Crippen molar-refractivity contribution in [2.45, 2.75) is 125 Å². The summed E-state index contributed by atoms with van der Waals surface area (Å²) in [6, 6.07) is 0. The molecule has 0 aromatic carbocycles. The first-order valence-electron chi connectivity index (χ1n) is 15.2. The minimum absolute atomic E-state index is 0.253. The average Bonchev–Trinajstić information content (AvgIpc) is 2.79. The normalized spacial score (nSPS) is 16.8. The molecule has 0 spiro atoms. The molecule has 0 amide bonds. The third-order valence-electron chi connectivity index (χ3n) is 7.30. The number of hydrogen-bond donors (Lipinski definition) is 0. The first-order valence-corrected chi connectivity index (χ1v) is 15.2. The zero-order chi connectivity index (χ0) is 29.0. The molecule has 0 N–H and O–H groups in total. The highest BCUT2D eigenvalue weighted by atomic mass is 16.4. The standard InChI is InChI=1S/C20H28O2.C15H34N/c1-15(8-6-9-16(2)14-19(21)22)11-12-18-17(3)10-7-13-20(18,4)5;1-5-6-7-8-9-10-11-12-13-14-15-16(2,3)4/h6,8-9,11-12,14H,7,10,13H2,1-5H3,(H,21,22);5-15H2,1-4H3/q;+1/p-1/b9-6+,12-11+,15-8-,16-14+;. The molecule has 0 saturated carbocycles. The third-order valence-corrected chi connectivity index (χ3v) is 7.30. The Hall–Kier alpha value is -1.87. The molecular weight excluding hydrogens is 466 g/mol. The van der Waals surface area contributed by atoms with Gasteiger partial charge in [0.15, 0.2) is 0 Å². The molecule has 1 aliphatic carbocycles. The van der Waals surface area contributed by atoms with Crippen molar-refractivity contribution in [2.75, 3.05) is 27.7 Å². The van der Waals surface area contributed by atoms with E-state index in [1.807, 2.05) is 19.1 Å². The van der Waals surface area contributed by atoms with Crippen LogP contribution in [-0.2, 0) is 4.79 Å². The fraction of sp³-hybridized carbons (Fsp3) is 0.686. The van der Waals surface area contributed by atoms with Gasteiger partial charge in [-0.15, -0.1) is 0 Å². The summed E-state index contributed by atoms with van der Waals surface area (Å²) in [5.41, 5.74) is 4.99. The van der Waals surface area contributed by atoms with Gasteiger partial charge in [0.25, 0.3) is 0 Å². The molecule has 0 fully saturated rings. The lowest BCUT2D eigenvalue weighted by atomic mass is 9.72. The number of carbonyl (C=O) groups is 1. The fourth-order valence-corrected chi connectivity index (χ4v) is 4.94. The number of rotatable bonds is 16. The summed E-state index contributed by atoms with van der Waals surface area (Å²) in [4.78, 5) is 10.4. The molecule has 0 atom stereocenters. The zero-order valence-electron chi connectivity index (χ0n) is 26.6. The van der Waals surface area contributed by atoms with E-state index in [1.54, 1.807) is 13.0 Å². The second-order valence-electron chi connectivity index (χ2n) is 12.9. The summed E-state index contributed by atoms with van der Waals surface area (Å²) in [5, 5.41) is 10.4. The van der Waals surface area contributed by atoms with Gasteiger partial charge < -0.3 is 14.4 Å². The second kappa shape index (κ2) is 20.1. The van der Waals surface area contributed by atoms with Crippen molar-refractivity contribution in [2.24, 2.45) is 5.41 Å². The summed E-state index contributed by atoms with van der Waals surface area (Å²) in [6.07, 6.45) is 29.2. The van der Waals surface area contributed by atoms with Gasteiger partial charge in [-0.1, -0.05) is 114 Å². The van der Waals surface area contributed by atoms with Gasteiger partial charge in [-0.2, -0.15) is 0 Å². The van der Waals surface area contributed by atoms with E-state index in [9.17, 15) is 9.90 Å². The van der Waals surface area contributed by atoms with Crippen molar-refractivity contribution in [1.82, 2.24) is 0 Å². The van der Waals surface area contributed by atoms with Crippen molar-refractivity contribution in [1.29, 1.82) is 0 Å². The van der Waals surface area contributed by atoms with E-state index in [-0.39, 0.29) is 5.41 Å². The SMILES string of the molecule is CC1=C(/C=C/C(C)=C\C=C\C(C)=C\C(=O)[O-])C(C)(C)CCC1.CCCCCCCCCCCC[N+](C)(C)C. The Morgan fingerprint density at radius 1 is 0.895 bits per heavy atom. The van der Waals surface area contributed by atoms with Gasteiger partial charge >= 0.3 is 0 Å². The highest BCUT2D eigenvalue weighted by Crippen LogP contribution is 2.40. The van der Waals surface area contributed by atoms with Crippen molar-refractivity contribution in [3.63, 3.8) is 0 Å². The lowest BCUT2D eigenvalue weighted by Crippen LogP contribution is -2.35.